The average molecular weight is 305 g/mol. The molecule has 2 unspecified atom stereocenters. The number of primary amides is 1. The first-order valence-corrected chi connectivity index (χ1v) is 6.09. The smallest absolute Gasteiger partial charge is 0.374 e. The summed E-state index contributed by atoms with van der Waals surface area (Å²) < 4.78 is 1.04. The molecule has 1 aromatic heterocycles. The quantitative estimate of drug-likeness (QED) is 0.435. The molecule has 1 heterocycles. The van der Waals surface area contributed by atoms with Gasteiger partial charge in [-0.1, -0.05) is 24.3 Å². The van der Waals surface area contributed by atoms with Crippen LogP contribution in [0.5, 0.6) is 0 Å². The number of ketones is 1. The Morgan fingerprint density at radius 2 is 1.68 bits per heavy atom. The SMILES string of the molecule is NC(=O)C(C(C(=O)C(=O)O)n1cc2ccccc2c1)[N+](=O)[O-]. The van der Waals surface area contributed by atoms with Crippen LogP contribution in [0.15, 0.2) is 36.7 Å². The summed E-state index contributed by atoms with van der Waals surface area (Å²) in [6.45, 7) is 0. The average Bonchev–Trinajstić information content (AvgIpc) is 2.85. The van der Waals surface area contributed by atoms with Gasteiger partial charge in [0.1, 0.15) is 0 Å². The van der Waals surface area contributed by atoms with E-state index in [4.69, 9.17) is 10.8 Å². The number of nitro groups is 1. The first-order chi connectivity index (χ1) is 10.3. The van der Waals surface area contributed by atoms with E-state index in [9.17, 15) is 24.5 Å². The van der Waals surface area contributed by atoms with Crippen molar-refractivity contribution in [2.75, 3.05) is 0 Å². The second-order valence-corrected chi connectivity index (χ2v) is 4.58. The third-order valence-electron chi connectivity index (χ3n) is 3.19. The zero-order valence-corrected chi connectivity index (χ0v) is 11.1. The Balaban J connectivity index is 2.61. The van der Waals surface area contributed by atoms with Gasteiger partial charge in [0.05, 0.1) is 0 Å². The van der Waals surface area contributed by atoms with E-state index < -0.39 is 34.7 Å². The predicted octanol–water partition coefficient (Wildman–Crippen LogP) is -0.0333. The Labute approximate surface area is 123 Å². The Hall–Kier alpha value is -3.23. The maximum Gasteiger partial charge on any atom is 0.374 e. The minimum Gasteiger partial charge on any atom is -0.475 e. The number of aliphatic carboxylic acids is 1. The van der Waals surface area contributed by atoms with E-state index in [1.165, 1.54) is 12.4 Å². The summed E-state index contributed by atoms with van der Waals surface area (Å²) in [6, 6.07) is 2.75. The van der Waals surface area contributed by atoms with Crippen molar-refractivity contribution in [3.05, 3.63) is 46.8 Å². The molecule has 3 N–H and O–H groups in total. The number of fused-ring (bicyclic) bond motifs is 1. The Bertz CT molecular complexity index is 734. The molecular formula is C13H11N3O6. The second kappa shape index (κ2) is 5.64. The number of carboxylic acids is 1. The first kappa shape index (κ1) is 15.2. The first-order valence-electron chi connectivity index (χ1n) is 6.09. The van der Waals surface area contributed by atoms with Crippen LogP contribution in [0, 0.1) is 10.1 Å². The van der Waals surface area contributed by atoms with Crippen molar-refractivity contribution in [1.82, 2.24) is 4.57 Å². The summed E-state index contributed by atoms with van der Waals surface area (Å²) in [4.78, 5) is 44.1. The van der Waals surface area contributed by atoms with E-state index in [0.717, 1.165) is 4.57 Å². The van der Waals surface area contributed by atoms with Crippen LogP contribution in [0.1, 0.15) is 6.04 Å². The van der Waals surface area contributed by atoms with Crippen LogP contribution in [0.3, 0.4) is 0 Å². The Morgan fingerprint density at radius 3 is 2.05 bits per heavy atom. The molecule has 9 heteroatoms. The number of rotatable bonds is 6. The van der Waals surface area contributed by atoms with Gasteiger partial charge in [-0.25, -0.2) is 4.79 Å². The molecule has 0 fully saturated rings. The molecule has 22 heavy (non-hydrogen) atoms. The van der Waals surface area contributed by atoms with Crippen LogP contribution in [0.25, 0.3) is 10.8 Å². The molecular weight excluding hydrogens is 294 g/mol. The van der Waals surface area contributed by atoms with Crippen molar-refractivity contribution in [3.8, 4) is 0 Å². The monoisotopic (exact) mass is 305 g/mol. The van der Waals surface area contributed by atoms with Gasteiger partial charge < -0.3 is 15.4 Å². The van der Waals surface area contributed by atoms with E-state index in [0.29, 0.717) is 10.8 Å². The molecule has 114 valence electrons. The lowest BCUT2D eigenvalue weighted by Gasteiger charge is -2.17. The van der Waals surface area contributed by atoms with Crippen LogP contribution in [-0.4, -0.2) is 38.3 Å². The highest BCUT2D eigenvalue weighted by Crippen LogP contribution is 2.22. The number of Topliss-reactive ketones (excluding diaryl/α,β-unsaturated/α-hetero) is 1. The van der Waals surface area contributed by atoms with Crippen molar-refractivity contribution in [2.45, 2.75) is 12.1 Å². The molecule has 9 nitrogen and oxygen atoms in total. The van der Waals surface area contributed by atoms with E-state index in [1.54, 1.807) is 24.3 Å². The maximum absolute atomic E-state index is 11.8. The van der Waals surface area contributed by atoms with Gasteiger partial charge in [0, 0.05) is 17.3 Å². The number of hydrogen-bond donors (Lipinski definition) is 2. The second-order valence-electron chi connectivity index (χ2n) is 4.58. The number of hydrogen-bond acceptors (Lipinski definition) is 5. The molecule has 0 saturated carbocycles. The molecule has 2 atom stereocenters. The van der Waals surface area contributed by atoms with Crippen LogP contribution >= 0.6 is 0 Å². The molecule has 0 saturated heterocycles. The maximum atomic E-state index is 11.8. The van der Waals surface area contributed by atoms with E-state index in [2.05, 4.69) is 0 Å². The van der Waals surface area contributed by atoms with Crippen LogP contribution in [0.2, 0.25) is 0 Å². The van der Waals surface area contributed by atoms with Crippen molar-refractivity contribution in [3.63, 3.8) is 0 Å². The highest BCUT2D eigenvalue weighted by molar-refractivity contribution is 6.34. The third-order valence-corrected chi connectivity index (χ3v) is 3.19. The third kappa shape index (κ3) is 2.64. The van der Waals surface area contributed by atoms with Crippen molar-refractivity contribution in [2.24, 2.45) is 5.73 Å². The number of carbonyl (C=O) groups excluding carboxylic acids is 2. The minimum atomic E-state index is -2.18. The van der Waals surface area contributed by atoms with Crippen LogP contribution in [0.4, 0.5) is 0 Å². The number of carboxylic acid groups (broad SMARTS) is 1. The molecule has 2 aromatic rings. The lowest BCUT2D eigenvalue weighted by atomic mass is 10.0. The number of nitrogens with two attached hydrogens (primary N) is 1. The normalized spacial score (nSPS) is 13.5. The van der Waals surface area contributed by atoms with Gasteiger partial charge >= 0.3 is 12.0 Å². The molecule has 0 spiro atoms. The van der Waals surface area contributed by atoms with Crippen molar-refractivity contribution >= 4 is 28.4 Å². The number of carbonyl (C=O) groups is 3. The Morgan fingerprint density at radius 1 is 1.18 bits per heavy atom. The molecule has 1 amide bonds. The molecule has 0 radical (unpaired) electrons. The molecule has 1 aromatic carbocycles. The van der Waals surface area contributed by atoms with Crippen molar-refractivity contribution < 1.29 is 24.4 Å². The van der Waals surface area contributed by atoms with Gasteiger partial charge in [-0.05, 0) is 10.8 Å². The standard InChI is InChI=1S/C13H11N3O6/c14-12(18)10(16(21)22)9(11(17)13(19)20)15-5-7-3-1-2-4-8(7)6-15/h1-6,9-10H,(H2,14,18)(H,19,20). The number of aromatic nitrogens is 1. The van der Waals surface area contributed by atoms with E-state index >= 15 is 0 Å². The molecule has 2 rings (SSSR count). The lowest BCUT2D eigenvalue weighted by molar-refractivity contribution is -0.511. The fourth-order valence-electron chi connectivity index (χ4n) is 2.21. The number of benzene rings is 1. The molecule has 0 aliphatic heterocycles. The summed E-state index contributed by atoms with van der Waals surface area (Å²) in [5, 5.41) is 21.2. The topological polar surface area (TPSA) is 146 Å². The fraction of sp³-hybridized carbons (Fsp3) is 0.154. The molecule has 0 aliphatic rings. The summed E-state index contributed by atoms with van der Waals surface area (Å²) in [7, 11) is 0. The predicted molar refractivity (Wildman–Crippen MR) is 73.6 cm³/mol. The molecule has 0 aliphatic carbocycles. The summed E-state index contributed by atoms with van der Waals surface area (Å²) in [5.74, 6) is -4.75. The summed E-state index contributed by atoms with van der Waals surface area (Å²) >= 11 is 0. The zero-order chi connectivity index (χ0) is 16.4. The van der Waals surface area contributed by atoms with Gasteiger partial charge in [0.15, 0.2) is 6.04 Å². The number of nitrogens with zero attached hydrogens (tertiary/aromatic N) is 2. The minimum absolute atomic E-state index is 0.636. The Kier molecular flexibility index (Phi) is 3.89. The van der Waals surface area contributed by atoms with Gasteiger partial charge in [-0.3, -0.25) is 19.7 Å². The van der Waals surface area contributed by atoms with Crippen LogP contribution in [-0.2, 0) is 14.4 Å². The lowest BCUT2D eigenvalue weighted by Crippen LogP contribution is -2.47. The largest absolute Gasteiger partial charge is 0.475 e. The van der Waals surface area contributed by atoms with E-state index in [-0.39, 0.29) is 0 Å². The molecule has 0 bridgehead atoms. The van der Waals surface area contributed by atoms with Crippen LogP contribution < -0.4 is 5.73 Å². The fourth-order valence-corrected chi connectivity index (χ4v) is 2.21. The highest BCUT2D eigenvalue weighted by atomic mass is 16.6. The van der Waals surface area contributed by atoms with Crippen molar-refractivity contribution in [1.29, 1.82) is 0 Å². The van der Waals surface area contributed by atoms with E-state index in [1.807, 2.05) is 0 Å². The summed E-state index contributed by atoms with van der Waals surface area (Å²) in [5.41, 5.74) is 4.97. The van der Waals surface area contributed by atoms with Gasteiger partial charge in [-0.15, -0.1) is 0 Å². The van der Waals surface area contributed by atoms with Gasteiger partial charge in [-0.2, -0.15) is 0 Å². The summed E-state index contributed by atoms with van der Waals surface area (Å²) in [6.07, 6.45) is 2.72. The zero-order valence-electron chi connectivity index (χ0n) is 11.1. The van der Waals surface area contributed by atoms with Gasteiger partial charge in [0.25, 0.3) is 11.7 Å². The highest BCUT2D eigenvalue weighted by Gasteiger charge is 2.45. The number of amides is 1. The van der Waals surface area contributed by atoms with Gasteiger partial charge in [0.2, 0.25) is 0 Å².